The molecule has 0 fully saturated rings. The minimum atomic E-state index is -0.0521. The van der Waals surface area contributed by atoms with Gasteiger partial charge in [0.15, 0.2) is 0 Å². The highest BCUT2D eigenvalue weighted by atomic mass is 79.9. The number of halogens is 1. The molecular weight excluding hydrogens is 292 g/mol. The first-order valence-corrected chi connectivity index (χ1v) is 6.76. The summed E-state index contributed by atoms with van der Waals surface area (Å²) in [6, 6.07) is 8.01. The minimum absolute atomic E-state index is 0.0521. The van der Waals surface area contributed by atoms with Crippen molar-refractivity contribution in [2.24, 2.45) is 0 Å². The molecule has 0 spiro atoms. The molecule has 0 saturated carbocycles. The SMILES string of the molecule is CCC(C)(C)c1noc(N)c1-c1ccc(Br)cc1. The first-order chi connectivity index (χ1) is 8.45. The van der Waals surface area contributed by atoms with Gasteiger partial charge in [-0.15, -0.1) is 0 Å². The molecule has 2 N–H and O–H groups in total. The second-order valence-electron chi connectivity index (χ2n) is 5.01. The third-order valence-corrected chi connectivity index (χ3v) is 3.90. The quantitative estimate of drug-likeness (QED) is 0.915. The number of nitrogens with zero attached hydrogens (tertiary/aromatic N) is 1. The predicted molar refractivity (Wildman–Crippen MR) is 77.4 cm³/mol. The first kappa shape index (κ1) is 13.1. The summed E-state index contributed by atoms with van der Waals surface area (Å²) in [5, 5.41) is 4.15. The fraction of sp³-hybridized carbons (Fsp3) is 0.357. The van der Waals surface area contributed by atoms with Crippen molar-refractivity contribution in [3.05, 3.63) is 34.4 Å². The zero-order chi connectivity index (χ0) is 13.3. The lowest BCUT2D eigenvalue weighted by atomic mass is 9.83. The summed E-state index contributed by atoms with van der Waals surface area (Å²) < 4.78 is 6.22. The van der Waals surface area contributed by atoms with Crippen LogP contribution in [0.15, 0.2) is 33.3 Å². The van der Waals surface area contributed by atoms with Gasteiger partial charge in [0, 0.05) is 9.89 Å². The van der Waals surface area contributed by atoms with Crippen LogP contribution in [0.25, 0.3) is 11.1 Å². The second-order valence-corrected chi connectivity index (χ2v) is 5.93. The zero-order valence-electron chi connectivity index (χ0n) is 10.8. The normalized spacial score (nSPS) is 11.8. The van der Waals surface area contributed by atoms with Crippen molar-refractivity contribution in [2.45, 2.75) is 32.6 Å². The van der Waals surface area contributed by atoms with E-state index in [-0.39, 0.29) is 5.41 Å². The van der Waals surface area contributed by atoms with Crippen LogP contribution in [0.1, 0.15) is 32.9 Å². The van der Waals surface area contributed by atoms with Gasteiger partial charge < -0.3 is 10.3 Å². The Balaban J connectivity index is 2.57. The average Bonchev–Trinajstić information content (AvgIpc) is 2.73. The van der Waals surface area contributed by atoms with Gasteiger partial charge in [0.05, 0.1) is 11.3 Å². The summed E-state index contributed by atoms with van der Waals surface area (Å²) in [6.45, 7) is 6.43. The van der Waals surface area contributed by atoms with Gasteiger partial charge in [-0.3, -0.25) is 0 Å². The molecule has 0 aliphatic rings. The minimum Gasteiger partial charge on any atom is -0.367 e. The summed E-state index contributed by atoms with van der Waals surface area (Å²) >= 11 is 3.43. The molecule has 0 amide bonds. The van der Waals surface area contributed by atoms with Gasteiger partial charge >= 0.3 is 0 Å². The lowest BCUT2D eigenvalue weighted by molar-refractivity contribution is 0.391. The van der Waals surface area contributed by atoms with Crippen molar-refractivity contribution in [3.63, 3.8) is 0 Å². The smallest absolute Gasteiger partial charge is 0.230 e. The van der Waals surface area contributed by atoms with Crippen LogP contribution < -0.4 is 5.73 Å². The highest BCUT2D eigenvalue weighted by Crippen LogP contribution is 2.38. The third-order valence-electron chi connectivity index (χ3n) is 3.38. The Morgan fingerprint density at radius 3 is 2.44 bits per heavy atom. The molecule has 0 aliphatic heterocycles. The fourth-order valence-electron chi connectivity index (χ4n) is 1.83. The van der Waals surface area contributed by atoms with E-state index in [1.54, 1.807) is 0 Å². The van der Waals surface area contributed by atoms with Gasteiger partial charge in [-0.2, -0.15) is 0 Å². The van der Waals surface area contributed by atoms with Crippen molar-refractivity contribution in [1.29, 1.82) is 0 Å². The third kappa shape index (κ3) is 2.29. The standard InChI is InChI=1S/C14H17BrN2O/c1-4-14(2,3)12-11(13(16)18-17-12)9-5-7-10(15)8-6-9/h5-8H,4,16H2,1-3H3. The van der Waals surface area contributed by atoms with Crippen molar-refractivity contribution in [2.75, 3.05) is 5.73 Å². The maximum absolute atomic E-state index is 5.92. The number of hydrogen-bond acceptors (Lipinski definition) is 3. The Bertz CT molecular complexity index is 543. The van der Waals surface area contributed by atoms with Gasteiger partial charge in [0.2, 0.25) is 5.88 Å². The lowest BCUT2D eigenvalue weighted by Crippen LogP contribution is -2.17. The molecular formula is C14H17BrN2O. The van der Waals surface area contributed by atoms with Gasteiger partial charge in [0.25, 0.3) is 0 Å². The van der Waals surface area contributed by atoms with Crippen LogP contribution in [0, 0.1) is 0 Å². The Morgan fingerprint density at radius 1 is 1.28 bits per heavy atom. The van der Waals surface area contributed by atoms with Gasteiger partial charge in [-0.1, -0.05) is 54.0 Å². The number of nitrogen functional groups attached to an aromatic ring is 1. The molecule has 2 rings (SSSR count). The summed E-state index contributed by atoms with van der Waals surface area (Å²) in [6.07, 6.45) is 0.975. The lowest BCUT2D eigenvalue weighted by Gasteiger charge is -2.20. The highest BCUT2D eigenvalue weighted by molar-refractivity contribution is 9.10. The van der Waals surface area contributed by atoms with Crippen molar-refractivity contribution >= 4 is 21.8 Å². The summed E-state index contributed by atoms with van der Waals surface area (Å²) in [5.74, 6) is 0.383. The van der Waals surface area contributed by atoms with Crippen molar-refractivity contribution < 1.29 is 4.52 Å². The van der Waals surface area contributed by atoms with E-state index in [0.717, 1.165) is 27.7 Å². The molecule has 0 radical (unpaired) electrons. The molecule has 18 heavy (non-hydrogen) atoms. The van der Waals surface area contributed by atoms with Crippen molar-refractivity contribution in [3.8, 4) is 11.1 Å². The molecule has 3 nitrogen and oxygen atoms in total. The number of benzene rings is 1. The molecule has 0 atom stereocenters. The van der Waals surface area contributed by atoms with E-state index in [4.69, 9.17) is 10.3 Å². The van der Waals surface area contributed by atoms with E-state index in [2.05, 4.69) is 41.9 Å². The number of anilines is 1. The van der Waals surface area contributed by atoms with Crippen LogP contribution in [-0.2, 0) is 5.41 Å². The molecule has 1 aromatic carbocycles. The number of hydrogen-bond donors (Lipinski definition) is 1. The van der Waals surface area contributed by atoms with Crippen LogP contribution >= 0.6 is 15.9 Å². The van der Waals surface area contributed by atoms with Crippen LogP contribution in [0.4, 0.5) is 5.88 Å². The van der Waals surface area contributed by atoms with Crippen molar-refractivity contribution in [1.82, 2.24) is 5.16 Å². The Morgan fingerprint density at radius 2 is 1.89 bits per heavy atom. The summed E-state index contributed by atoms with van der Waals surface area (Å²) in [4.78, 5) is 0. The summed E-state index contributed by atoms with van der Waals surface area (Å²) in [7, 11) is 0. The van der Waals surface area contributed by atoms with Gasteiger partial charge in [0.1, 0.15) is 0 Å². The average molecular weight is 309 g/mol. The molecule has 2 aromatic rings. The molecule has 0 aliphatic carbocycles. The molecule has 1 aromatic heterocycles. The molecule has 96 valence electrons. The maximum atomic E-state index is 5.92. The molecule has 0 unspecified atom stereocenters. The summed E-state index contributed by atoms with van der Waals surface area (Å²) in [5.41, 5.74) is 8.74. The molecule has 4 heteroatoms. The van der Waals surface area contributed by atoms with E-state index in [1.807, 2.05) is 24.3 Å². The van der Waals surface area contributed by atoms with E-state index in [9.17, 15) is 0 Å². The van der Waals surface area contributed by atoms with E-state index < -0.39 is 0 Å². The number of rotatable bonds is 3. The Kier molecular flexibility index (Phi) is 3.48. The van der Waals surface area contributed by atoms with Gasteiger partial charge in [-0.25, -0.2) is 0 Å². The molecule has 0 bridgehead atoms. The molecule has 0 saturated heterocycles. The fourth-order valence-corrected chi connectivity index (χ4v) is 2.09. The zero-order valence-corrected chi connectivity index (χ0v) is 12.4. The van der Waals surface area contributed by atoms with Crippen LogP contribution in [0.3, 0.4) is 0 Å². The first-order valence-electron chi connectivity index (χ1n) is 5.97. The Labute approximate surface area is 115 Å². The van der Waals surface area contributed by atoms with E-state index in [1.165, 1.54) is 0 Å². The number of nitrogens with two attached hydrogens (primary N) is 1. The second kappa shape index (κ2) is 4.76. The van der Waals surface area contributed by atoms with E-state index in [0.29, 0.717) is 5.88 Å². The topological polar surface area (TPSA) is 52.0 Å². The van der Waals surface area contributed by atoms with Crippen LogP contribution in [0.2, 0.25) is 0 Å². The monoisotopic (exact) mass is 308 g/mol. The van der Waals surface area contributed by atoms with Crippen LogP contribution in [-0.4, -0.2) is 5.16 Å². The Hall–Kier alpha value is -1.29. The van der Waals surface area contributed by atoms with E-state index >= 15 is 0 Å². The predicted octanol–water partition coefficient (Wildman–Crippen LogP) is 4.37. The maximum Gasteiger partial charge on any atom is 0.230 e. The number of aromatic nitrogens is 1. The highest BCUT2D eigenvalue weighted by Gasteiger charge is 2.28. The van der Waals surface area contributed by atoms with Gasteiger partial charge in [-0.05, 0) is 24.1 Å². The van der Waals surface area contributed by atoms with Crippen LogP contribution in [0.5, 0.6) is 0 Å². The molecule has 1 heterocycles. The largest absolute Gasteiger partial charge is 0.367 e.